The maximum atomic E-state index is 12.7. The van der Waals surface area contributed by atoms with Gasteiger partial charge in [0.15, 0.2) is 11.5 Å². The van der Waals surface area contributed by atoms with Crippen LogP contribution in [0.4, 0.5) is 19.0 Å². The summed E-state index contributed by atoms with van der Waals surface area (Å²) >= 11 is 0. The number of benzene rings is 1. The van der Waals surface area contributed by atoms with E-state index in [4.69, 9.17) is 4.74 Å². The minimum absolute atomic E-state index is 0.0424. The number of hydrogen-bond donors (Lipinski definition) is 3. The highest BCUT2D eigenvalue weighted by Crippen LogP contribution is 2.29. The number of rotatable bonds is 6. The lowest BCUT2D eigenvalue weighted by atomic mass is 10.0. The lowest BCUT2D eigenvalue weighted by molar-refractivity contribution is -0.141. The van der Waals surface area contributed by atoms with Crippen LogP contribution in [0, 0.1) is 13.8 Å². The number of nitrogens with zero attached hydrogens (tertiary/aromatic N) is 2. The van der Waals surface area contributed by atoms with E-state index < -0.39 is 23.7 Å². The molecule has 0 aliphatic rings. The Morgan fingerprint density at radius 2 is 1.76 bits per heavy atom. The number of nitrogens with one attached hydrogen (secondary N) is 2. The van der Waals surface area contributed by atoms with Gasteiger partial charge in [-0.2, -0.15) is 13.2 Å². The Bertz CT molecular complexity index is 932. The van der Waals surface area contributed by atoms with Crippen LogP contribution >= 0.6 is 0 Å². The summed E-state index contributed by atoms with van der Waals surface area (Å²) in [5, 5.41) is 21.4. The number of carbonyl (C=O) groups excluding carboxylic acids is 2. The van der Waals surface area contributed by atoms with Gasteiger partial charge in [0.05, 0.1) is 12.2 Å². The van der Waals surface area contributed by atoms with Crippen LogP contribution in [0.2, 0.25) is 0 Å². The van der Waals surface area contributed by atoms with Crippen LogP contribution in [0.5, 0.6) is 5.75 Å². The Hall–Kier alpha value is -3.21. The van der Waals surface area contributed by atoms with Gasteiger partial charge < -0.3 is 20.5 Å². The van der Waals surface area contributed by atoms with Crippen molar-refractivity contribution in [3.8, 4) is 5.75 Å². The molecule has 0 fully saturated rings. The van der Waals surface area contributed by atoms with E-state index >= 15 is 0 Å². The van der Waals surface area contributed by atoms with Gasteiger partial charge in [0.25, 0.3) is 11.8 Å². The first kappa shape index (κ1) is 22.1. The van der Waals surface area contributed by atoms with Gasteiger partial charge in [-0.15, -0.1) is 10.2 Å². The van der Waals surface area contributed by atoms with Crippen molar-refractivity contribution >= 4 is 17.6 Å². The maximum absolute atomic E-state index is 12.7. The number of aromatic hydroxyl groups is 1. The Labute approximate surface area is 164 Å². The molecule has 0 saturated carbocycles. The Balaban J connectivity index is 2.27. The number of carbonyl (C=O) groups is 2. The van der Waals surface area contributed by atoms with Crippen molar-refractivity contribution in [2.24, 2.45) is 0 Å². The molecule has 2 amide bonds. The van der Waals surface area contributed by atoms with E-state index in [-0.39, 0.29) is 41.4 Å². The topological polar surface area (TPSA) is 113 Å². The lowest BCUT2D eigenvalue weighted by Crippen LogP contribution is -2.27. The highest BCUT2D eigenvalue weighted by atomic mass is 19.4. The van der Waals surface area contributed by atoms with Gasteiger partial charge in [-0.25, -0.2) is 0 Å². The summed E-state index contributed by atoms with van der Waals surface area (Å²) in [5.74, 6) is -1.80. The third-order valence-electron chi connectivity index (χ3n) is 3.93. The first-order chi connectivity index (χ1) is 13.5. The summed E-state index contributed by atoms with van der Waals surface area (Å²) in [7, 11) is 1.46. The van der Waals surface area contributed by atoms with Crippen LogP contribution < -0.4 is 10.6 Å². The fourth-order valence-corrected chi connectivity index (χ4v) is 2.40. The summed E-state index contributed by atoms with van der Waals surface area (Å²) in [6.45, 7) is 3.34. The molecule has 0 atom stereocenters. The van der Waals surface area contributed by atoms with Crippen molar-refractivity contribution in [1.82, 2.24) is 15.5 Å². The molecule has 0 saturated heterocycles. The molecule has 1 heterocycles. The zero-order valence-corrected chi connectivity index (χ0v) is 15.8. The number of hydrogen-bond acceptors (Lipinski definition) is 6. The fraction of sp³-hybridized carbons (Fsp3) is 0.333. The third-order valence-corrected chi connectivity index (χ3v) is 3.93. The predicted octanol–water partition coefficient (Wildman–Crippen LogP) is 2.45. The maximum Gasteiger partial charge on any atom is 0.435 e. The minimum atomic E-state index is -4.65. The average Bonchev–Trinajstić information content (AvgIpc) is 2.62. The second-order valence-corrected chi connectivity index (χ2v) is 6.15. The number of ether oxygens (including phenoxy) is 1. The van der Waals surface area contributed by atoms with Crippen molar-refractivity contribution in [2.45, 2.75) is 20.0 Å². The van der Waals surface area contributed by atoms with E-state index in [0.717, 1.165) is 6.07 Å². The van der Waals surface area contributed by atoms with Crippen molar-refractivity contribution in [1.29, 1.82) is 0 Å². The number of phenols is 1. The summed E-state index contributed by atoms with van der Waals surface area (Å²) in [6.07, 6.45) is -4.65. The molecule has 2 rings (SSSR count). The van der Waals surface area contributed by atoms with Gasteiger partial charge in [0.1, 0.15) is 5.75 Å². The molecule has 0 bridgehead atoms. The molecule has 156 valence electrons. The van der Waals surface area contributed by atoms with Crippen LogP contribution in [0.1, 0.15) is 37.5 Å². The number of aryl methyl sites for hydroxylation is 2. The Morgan fingerprint density at radius 3 is 2.34 bits per heavy atom. The summed E-state index contributed by atoms with van der Waals surface area (Å²) in [6, 6.07) is 3.20. The molecule has 0 aliphatic carbocycles. The molecule has 0 radical (unpaired) electrons. The molecule has 3 N–H and O–H groups in total. The highest BCUT2D eigenvalue weighted by molar-refractivity contribution is 6.07. The standard InChI is InChI=1S/C18H19F3N4O4/c1-9-6-13(26)12(16(27)22-4-5-29-3)8-11(9)17(28)23-15-10(2)7-14(24-25-15)18(19,20)21/h6-8,26H,4-5H2,1-3H3,(H,22,27)(H,23,25,28). The van der Waals surface area contributed by atoms with Crippen molar-refractivity contribution < 1.29 is 32.6 Å². The minimum Gasteiger partial charge on any atom is -0.507 e. The molecular weight excluding hydrogens is 393 g/mol. The third kappa shape index (κ3) is 5.41. The zero-order valence-electron chi connectivity index (χ0n) is 15.8. The number of alkyl halides is 3. The van der Waals surface area contributed by atoms with Crippen molar-refractivity contribution in [2.75, 3.05) is 25.6 Å². The number of phenolic OH excluding ortho intramolecular Hbond substituents is 1. The van der Waals surface area contributed by atoms with Crippen LogP contribution in [0.15, 0.2) is 18.2 Å². The quantitative estimate of drug-likeness (QED) is 0.628. The Kier molecular flexibility index (Phi) is 6.75. The van der Waals surface area contributed by atoms with E-state index in [9.17, 15) is 27.9 Å². The van der Waals surface area contributed by atoms with Gasteiger partial charge in [-0.3, -0.25) is 9.59 Å². The molecular formula is C18H19F3N4O4. The Morgan fingerprint density at radius 1 is 1.07 bits per heavy atom. The van der Waals surface area contributed by atoms with Gasteiger partial charge in [-0.1, -0.05) is 0 Å². The molecule has 11 heteroatoms. The van der Waals surface area contributed by atoms with Gasteiger partial charge in [-0.05, 0) is 43.2 Å². The van der Waals surface area contributed by atoms with Crippen molar-refractivity contribution in [3.63, 3.8) is 0 Å². The van der Waals surface area contributed by atoms with Gasteiger partial charge in [0, 0.05) is 19.2 Å². The molecule has 2 aromatic rings. The van der Waals surface area contributed by atoms with Crippen LogP contribution in [-0.2, 0) is 10.9 Å². The monoisotopic (exact) mass is 412 g/mol. The van der Waals surface area contributed by atoms with E-state index in [2.05, 4.69) is 20.8 Å². The largest absolute Gasteiger partial charge is 0.507 e. The van der Waals surface area contributed by atoms with E-state index in [1.807, 2.05) is 0 Å². The predicted molar refractivity (Wildman–Crippen MR) is 96.8 cm³/mol. The van der Waals surface area contributed by atoms with Crippen molar-refractivity contribution in [3.05, 3.63) is 46.1 Å². The van der Waals surface area contributed by atoms with Crippen LogP contribution in [0.3, 0.4) is 0 Å². The SMILES string of the molecule is COCCNC(=O)c1cc(C(=O)Nc2nnc(C(F)(F)F)cc2C)c(C)cc1O. The van der Waals surface area contributed by atoms with E-state index in [1.54, 1.807) is 0 Å². The lowest BCUT2D eigenvalue weighted by Gasteiger charge is -2.13. The van der Waals surface area contributed by atoms with E-state index in [0.29, 0.717) is 5.56 Å². The highest BCUT2D eigenvalue weighted by Gasteiger charge is 2.33. The summed E-state index contributed by atoms with van der Waals surface area (Å²) < 4.78 is 42.9. The van der Waals surface area contributed by atoms with E-state index in [1.165, 1.54) is 33.1 Å². The van der Waals surface area contributed by atoms with Crippen LogP contribution in [0.25, 0.3) is 0 Å². The molecule has 8 nitrogen and oxygen atoms in total. The average molecular weight is 412 g/mol. The number of aromatic nitrogens is 2. The van der Waals surface area contributed by atoms with Gasteiger partial charge >= 0.3 is 6.18 Å². The first-order valence-electron chi connectivity index (χ1n) is 8.38. The second kappa shape index (κ2) is 8.86. The zero-order chi connectivity index (χ0) is 21.8. The molecule has 0 aliphatic heterocycles. The second-order valence-electron chi connectivity index (χ2n) is 6.15. The number of halogens is 3. The molecule has 1 aromatic carbocycles. The van der Waals surface area contributed by atoms with Crippen LogP contribution in [-0.4, -0.2) is 47.4 Å². The molecule has 1 aromatic heterocycles. The molecule has 0 spiro atoms. The fourth-order valence-electron chi connectivity index (χ4n) is 2.40. The number of anilines is 1. The van der Waals surface area contributed by atoms with Gasteiger partial charge in [0.2, 0.25) is 0 Å². The number of amides is 2. The smallest absolute Gasteiger partial charge is 0.435 e. The molecule has 0 unspecified atom stereocenters. The number of methoxy groups -OCH3 is 1. The summed E-state index contributed by atoms with van der Waals surface area (Å²) in [4.78, 5) is 24.8. The first-order valence-corrected chi connectivity index (χ1v) is 8.38. The summed E-state index contributed by atoms with van der Waals surface area (Å²) in [5.41, 5.74) is -0.850. The normalized spacial score (nSPS) is 11.2. The molecule has 29 heavy (non-hydrogen) atoms.